The van der Waals surface area contributed by atoms with Gasteiger partial charge in [-0.1, -0.05) is 32.9 Å². The van der Waals surface area contributed by atoms with E-state index in [9.17, 15) is 24.8 Å². The van der Waals surface area contributed by atoms with E-state index in [2.05, 4.69) is 26.1 Å². The Labute approximate surface area is 211 Å². The van der Waals surface area contributed by atoms with Gasteiger partial charge in [-0.3, -0.25) is 10.1 Å². The van der Waals surface area contributed by atoms with Gasteiger partial charge in [0.15, 0.2) is 6.10 Å². The molecule has 1 atom stereocenters. The molecule has 36 heavy (non-hydrogen) atoms. The first-order valence-corrected chi connectivity index (χ1v) is 11.8. The lowest BCUT2D eigenvalue weighted by molar-refractivity contribution is -0.384. The summed E-state index contributed by atoms with van der Waals surface area (Å²) in [6, 6.07) is 12.5. The highest BCUT2D eigenvalue weighted by Crippen LogP contribution is 2.20. The first kappa shape index (κ1) is 28.6. The van der Waals surface area contributed by atoms with E-state index in [0.717, 1.165) is 12.0 Å². The normalized spacial score (nSPS) is 12.0. The second-order valence-corrected chi connectivity index (χ2v) is 9.51. The van der Waals surface area contributed by atoms with Gasteiger partial charge in [0.05, 0.1) is 11.5 Å². The van der Waals surface area contributed by atoms with Crippen LogP contribution in [0.2, 0.25) is 0 Å². The molecule has 0 spiro atoms. The lowest BCUT2D eigenvalue weighted by Crippen LogP contribution is -2.39. The van der Waals surface area contributed by atoms with Crippen molar-refractivity contribution in [2.24, 2.45) is 5.41 Å². The van der Waals surface area contributed by atoms with Gasteiger partial charge in [0, 0.05) is 37.4 Å². The van der Waals surface area contributed by atoms with Crippen molar-refractivity contribution in [2.45, 2.75) is 46.6 Å². The van der Waals surface area contributed by atoms with Gasteiger partial charge in [-0.05, 0) is 48.6 Å². The van der Waals surface area contributed by atoms with E-state index in [1.807, 2.05) is 0 Å². The first-order valence-electron chi connectivity index (χ1n) is 11.8. The number of nitrogens with one attached hydrogen (secondary N) is 1. The number of nitro benzene ring substituents is 1. The molecule has 2 aromatic carbocycles. The molecular formula is C26H35N3O7. The van der Waals surface area contributed by atoms with E-state index in [-0.39, 0.29) is 30.2 Å². The van der Waals surface area contributed by atoms with Gasteiger partial charge >= 0.3 is 12.0 Å². The van der Waals surface area contributed by atoms with E-state index in [1.54, 1.807) is 36.1 Å². The number of hydrogen-bond acceptors (Lipinski definition) is 6. The highest BCUT2D eigenvalue weighted by Gasteiger charge is 2.19. The number of rotatable bonds is 13. The van der Waals surface area contributed by atoms with E-state index in [4.69, 9.17) is 9.47 Å². The molecule has 0 saturated heterocycles. The number of nitro groups is 1. The maximum atomic E-state index is 12.9. The van der Waals surface area contributed by atoms with Crippen LogP contribution in [0.1, 0.15) is 39.7 Å². The van der Waals surface area contributed by atoms with Crippen LogP contribution in [0.25, 0.3) is 0 Å². The molecule has 2 rings (SSSR count). The Morgan fingerprint density at radius 1 is 1.08 bits per heavy atom. The van der Waals surface area contributed by atoms with E-state index in [0.29, 0.717) is 31.1 Å². The largest absolute Gasteiger partial charge is 0.492 e. The number of benzene rings is 2. The highest BCUT2D eigenvalue weighted by atomic mass is 16.6. The van der Waals surface area contributed by atoms with Gasteiger partial charge in [-0.15, -0.1) is 0 Å². The molecule has 2 N–H and O–H groups in total. The molecule has 0 aliphatic heterocycles. The minimum atomic E-state index is -1.00. The van der Waals surface area contributed by atoms with Gasteiger partial charge in [0.2, 0.25) is 0 Å². The van der Waals surface area contributed by atoms with Gasteiger partial charge in [0.1, 0.15) is 12.4 Å². The number of aliphatic carboxylic acids is 1. The first-order chi connectivity index (χ1) is 17.0. The monoisotopic (exact) mass is 501 g/mol. The second kappa shape index (κ2) is 13.4. The quantitative estimate of drug-likeness (QED) is 0.292. The van der Waals surface area contributed by atoms with E-state index in [1.165, 1.54) is 24.3 Å². The number of carbonyl (C=O) groups is 2. The molecule has 0 aliphatic carbocycles. The van der Waals surface area contributed by atoms with E-state index >= 15 is 0 Å². The molecule has 2 amide bonds. The van der Waals surface area contributed by atoms with Crippen LogP contribution in [0.4, 0.5) is 16.2 Å². The summed E-state index contributed by atoms with van der Waals surface area (Å²) in [7, 11) is 0. The molecule has 0 bridgehead atoms. The third kappa shape index (κ3) is 9.91. The second-order valence-electron chi connectivity index (χ2n) is 9.51. The zero-order valence-corrected chi connectivity index (χ0v) is 21.2. The molecule has 196 valence electrons. The standard InChI is InChI=1S/C26H35N3O7/c1-5-35-23(24(30)31)18-19-6-12-22(13-7-19)36-17-16-28(15-14-26(2,3)4)25(32)27-20-8-10-21(11-9-20)29(33)34/h6-13,23H,5,14-18H2,1-4H3,(H,27,32)(H,30,31). The van der Waals surface area contributed by atoms with Gasteiger partial charge < -0.3 is 24.8 Å². The van der Waals surface area contributed by atoms with E-state index < -0.39 is 17.0 Å². The molecular weight excluding hydrogens is 466 g/mol. The number of carboxylic acids is 1. The molecule has 1 unspecified atom stereocenters. The Morgan fingerprint density at radius 2 is 1.72 bits per heavy atom. The Kier molecular flexibility index (Phi) is 10.7. The third-order valence-corrected chi connectivity index (χ3v) is 5.37. The summed E-state index contributed by atoms with van der Waals surface area (Å²) in [6.07, 6.45) is 0.139. The van der Waals surface area contributed by atoms with Gasteiger partial charge in [0.25, 0.3) is 5.69 Å². The van der Waals surface area contributed by atoms with Gasteiger partial charge in [-0.2, -0.15) is 0 Å². The molecule has 0 heterocycles. The Balaban J connectivity index is 1.96. The highest BCUT2D eigenvalue weighted by molar-refractivity contribution is 5.89. The van der Waals surface area contributed by atoms with Crippen LogP contribution in [0.3, 0.4) is 0 Å². The summed E-state index contributed by atoms with van der Waals surface area (Å²) in [5.41, 5.74) is 1.26. The van der Waals surface area contributed by atoms with Crippen LogP contribution >= 0.6 is 0 Å². The maximum Gasteiger partial charge on any atom is 0.333 e. The van der Waals surface area contributed by atoms with Crippen molar-refractivity contribution >= 4 is 23.4 Å². The molecule has 0 radical (unpaired) electrons. The molecule has 2 aromatic rings. The number of ether oxygens (including phenoxy) is 2. The topological polar surface area (TPSA) is 131 Å². The average molecular weight is 502 g/mol. The Morgan fingerprint density at radius 3 is 2.25 bits per heavy atom. The Hall–Kier alpha value is -3.66. The lowest BCUT2D eigenvalue weighted by atomic mass is 9.92. The summed E-state index contributed by atoms with van der Waals surface area (Å²) in [4.78, 5) is 36.2. The summed E-state index contributed by atoms with van der Waals surface area (Å²) < 4.78 is 11.1. The molecule has 10 heteroatoms. The number of amides is 2. The summed E-state index contributed by atoms with van der Waals surface area (Å²) >= 11 is 0. The number of carbonyl (C=O) groups excluding carboxylic acids is 1. The van der Waals surface area contributed by atoms with Crippen LogP contribution in [0.5, 0.6) is 5.75 Å². The van der Waals surface area contributed by atoms with Crippen molar-refractivity contribution < 1.29 is 29.1 Å². The fourth-order valence-electron chi connectivity index (χ4n) is 3.28. The minimum Gasteiger partial charge on any atom is -0.492 e. The lowest BCUT2D eigenvalue weighted by Gasteiger charge is -2.27. The zero-order chi connectivity index (χ0) is 26.7. The number of anilines is 1. The van der Waals surface area contributed by atoms with Gasteiger partial charge in [-0.25, -0.2) is 9.59 Å². The zero-order valence-electron chi connectivity index (χ0n) is 21.2. The fourth-order valence-corrected chi connectivity index (χ4v) is 3.28. The Bertz CT molecular complexity index is 1000. The SMILES string of the molecule is CCOC(Cc1ccc(OCCN(CCC(C)(C)C)C(=O)Nc2ccc([N+](=O)[O-])cc2)cc1)C(=O)O. The number of hydrogen-bond donors (Lipinski definition) is 2. The summed E-state index contributed by atoms with van der Waals surface area (Å²) in [5, 5.41) is 22.9. The van der Waals surface area contributed by atoms with Crippen LogP contribution in [-0.4, -0.2) is 59.3 Å². The van der Waals surface area contributed by atoms with Crippen molar-refractivity contribution in [2.75, 3.05) is 31.6 Å². The van der Waals surface area contributed by atoms with Crippen LogP contribution in [0.15, 0.2) is 48.5 Å². The summed E-state index contributed by atoms with van der Waals surface area (Å²) in [5.74, 6) is -0.395. The molecule has 10 nitrogen and oxygen atoms in total. The van der Waals surface area contributed by atoms with Crippen LogP contribution in [0, 0.1) is 15.5 Å². The van der Waals surface area contributed by atoms with Crippen molar-refractivity contribution in [3.63, 3.8) is 0 Å². The van der Waals surface area contributed by atoms with Crippen LogP contribution < -0.4 is 10.1 Å². The molecule has 0 saturated carbocycles. The molecule has 0 aliphatic rings. The maximum absolute atomic E-state index is 12.9. The van der Waals surface area contributed by atoms with Crippen molar-refractivity contribution in [3.05, 3.63) is 64.2 Å². The smallest absolute Gasteiger partial charge is 0.333 e. The number of non-ortho nitro benzene ring substituents is 1. The predicted molar refractivity (Wildman–Crippen MR) is 136 cm³/mol. The number of carboxylic acid groups (broad SMARTS) is 1. The van der Waals surface area contributed by atoms with Crippen molar-refractivity contribution in [1.82, 2.24) is 4.90 Å². The molecule has 0 aromatic heterocycles. The number of nitrogens with zero attached hydrogens (tertiary/aromatic N) is 2. The van der Waals surface area contributed by atoms with Crippen molar-refractivity contribution in [3.8, 4) is 5.75 Å². The average Bonchev–Trinajstić information content (AvgIpc) is 2.81. The third-order valence-electron chi connectivity index (χ3n) is 5.37. The van der Waals surface area contributed by atoms with Crippen molar-refractivity contribution in [1.29, 1.82) is 0 Å². The summed E-state index contributed by atoms with van der Waals surface area (Å²) in [6.45, 7) is 9.47. The fraction of sp³-hybridized carbons (Fsp3) is 0.462. The predicted octanol–water partition coefficient (Wildman–Crippen LogP) is 4.98. The minimum absolute atomic E-state index is 0.0257. The molecule has 0 fully saturated rings. The van der Waals surface area contributed by atoms with Crippen LogP contribution in [-0.2, 0) is 16.0 Å². The number of urea groups is 1.